The Bertz CT molecular complexity index is 815. The first kappa shape index (κ1) is 53.5. The van der Waals surface area contributed by atoms with Crippen LogP contribution in [-0.4, -0.2) is 66.3 Å². The normalized spacial score (nSPS) is 13.9. The van der Waals surface area contributed by atoms with Crippen molar-refractivity contribution in [1.29, 1.82) is 0 Å². The average molecular weight is 793 g/mol. The molecule has 0 amide bonds. The Kier molecular flexibility index (Phi) is 41.7. The van der Waals surface area contributed by atoms with Crippen molar-refractivity contribution in [2.45, 2.75) is 244 Å². The number of rotatable bonds is 45. The molecule has 324 valence electrons. The highest BCUT2D eigenvalue weighted by atomic mass is 31.2. The van der Waals surface area contributed by atoms with Gasteiger partial charge in [-0.15, -0.1) is 0 Å². The van der Waals surface area contributed by atoms with E-state index in [4.69, 9.17) is 23.6 Å². The van der Waals surface area contributed by atoms with E-state index in [1.165, 1.54) is 180 Å². The van der Waals surface area contributed by atoms with Gasteiger partial charge >= 0.3 is 13.8 Å². The third-order valence-electron chi connectivity index (χ3n) is 10.3. The van der Waals surface area contributed by atoms with Crippen LogP contribution in [0.4, 0.5) is 0 Å². The van der Waals surface area contributed by atoms with Crippen molar-refractivity contribution in [1.82, 2.24) is 0 Å². The molecule has 0 aliphatic carbocycles. The maximum atomic E-state index is 12.6. The third-order valence-corrected chi connectivity index (χ3v) is 11.2. The van der Waals surface area contributed by atoms with Crippen LogP contribution in [0.25, 0.3) is 0 Å². The SMILES string of the molecule is CCCCCCCCCCCCCCCCCCCCCCCC(=O)O[C@H](COCCCCCCCCCCCCCC)COP(=O)(O)OC[C@@H](O)CO. The maximum Gasteiger partial charge on any atom is 0.472 e. The number of aliphatic hydroxyl groups is 2. The molecule has 0 aliphatic rings. The van der Waals surface area contributed by atoms with Crippen molar-refractivity contribution in [2.75, 3.05) is 33.0 Å². The fraction of sp³-hybridized carbons (Fsp3) is 0.977. The Labute approximate surface area is 333 Å². The number of esters is 1. The number of phosphoric ester groups is 1. The summed E-state index contributed by atoms with van der Waals surface area (Å²) in [6.45, 7) is 3.58. The molecule has 0 fully saturated rings. The minimum atomic E-state index is -4.51. The smallest absolute Gasteiger partial charge is 0.457 e. The van der Waals surface area contributed by atoms with Crippen molar-refractivity contribution in [3.05, 3.63) is 0 Å². The molecule has 54 heavy (non-hydrogen) atoms. The Balaban J connectivity index is 4.03. The lowest BCUT2D eigenvalue weighted by Gasteiger charge is -2.20. The van der Waals surface area contributed by atoms with Crippen molar-refractivity contribution < 1.29 is 43.0 Å². The largest absolute Gasteiger partial charge is 0.472 e. The summed E-state index contributed by atoms with van der Waals surface area (Å²) >= 11 is 0. The van der Waals surface area contributed by atoms with E-state index >= 15 is 0 Å². The summed E-state index contributed by atoms with van der Waals surface area (Å²) in [6, 6.07) is 0. The topological polar surface area (TPSA) is 132 Å². The van der Waals surface area contributed by atoms with Crippen LogP contribution in [0.1, 0.15) is 232 Å². The van der Waals surface area contributed by atoms with Crippen LogP contribution in [0.2, 0.25) is 0 Å². The molecule has 1 unspecified atom stereocenters. The summed E-state index contributed by atoms with van der Waals surface area (Å²) in [7, 11) is -4.51. The average Bonchev–Trinajstić information content (AvgIpc) is 3.16. The first-order chi connectivity index (χ1) is 26.3. The summed E-state index contributed by atoms with van der Waals surface area (Å²) in [5.41, 5.74) is 0. The molecule has 0 aromatic carbocycles. The van der Waals surface area contributed by atoms with E-state index in [1.807, 2.05) is 0 Å². The predicted molar refractivity (Wildman–Crippen MR) is 224 cm³/mol. The van der Waals surface area contributed by atoms with Crippen molar-refractivity contribution >= 4 is 13.8 Å². The molecule has 0 radical (unpaired) electrons. The highest BCUT2D eigenvalue weighted by Gasteiger charge is 2.26. The zero-order chi connectivity index (χ0) is 39.6. The number of hydrogen-bond acceptors (Lipinski definition) is 8. The van der Waals surface area contributed by atoms with Crippen molar-refractivity contribution in [3.63, 3.8) is 0 Å². The molecule has 0 rings (SSSR count). The number of ether oxygens (including phenoxy) is 2. The molecule has 0 spiro atoms. The molecule has 0 aliphatic heterocycles. The molecule has 3 N–H and O–H groups in total. The van der Waals surface area contributed by atoms with E-state index in [1.54, 1.807) is 0 Å². The van der Waals surface area contributed by atoms with E-state index in [2.05, 4.69) is 13.8 Å². The lowest BCUT2D eigenvalue weighted by atomic mass is 10.0. The van der Waals surface area contributed by atoms with Gasteiger partial charge in [0.25, 0.3) is 0 Å². The van der Waals surface area contributed by atoms with Gasteiger partial charge in [-0.05, 0) is 12.8 Å². The van der Waals surface area contributed by atoms with Gasteiger partial charge in [0, 0.05) is 13.0 Å². The van der Waals surface area contributed by atoms with Crippen LogP contribution in [0.5, 0.6) is 0 Å². The highest BCUT2D eigenvalue weighted by Crippen LogP contribution is 2.43. The molecule has 3 atom stereocenters. The van der Waals surface area contributed by atoms with Gasteiger partial charge in [0.1, 0.15) is 12.2 Å². The van der Waals surface area contributed by atoms with E-state index in [-0.39, 0.29) is 25.6 Å². The molecule has 9 nitrogen and oxygen atoms in total. The Morgan fingerprint density at radius 1 is 0.500 bits per heavy atom. The third kappa shape index (κ3) is 41.1. The first-order valence-corrected chi connectivity index (χ1v) is 24.5. The summed E-state index contributed by atoms with van der Waals surface area (Å²) in [4.78, 5) is 22.6. The fourth-order valence-electron chi connectivity index (χ4n) is 6.77. The standard InChI is InChI=1S/C44H89O9P/c1-3-5-7-9-11-13-15-17-18-19-20-21-22-23-24-25-26-28-30-32-34-36-44(47)53-43(41-52-54(48,49)51-39-42(46)38-45)40-50-37-35-33-31-29-27-16-14-12-10-8-6-4-2/h42-43,45-46H,3-41H2,1-2H3,(H,48,49)/t42-,43+/m0/s1. The van der Waals surface area contributed by atoms with Crippen LogP contribution in [0.15, 0.2) is 0 Å². The van der Waals surface area contributed by atoms with Gasteiger partial charge < -0.3 is 24.6 Å². The molecule has 0 aromatic rings. The van der Waals surface area contributed by atoms with Crippen molar-refractivity contribution in [3.8, 4) is 0 Å². The van der Waals surface area contributed by atoms with Gasteiger partial charge in [0.2, 0.25) is 0 Å². The number of hydrogen-bond donors (Lipinski definition) is 3. The lowest BCUT2D eigenvalue weighted by molar-refractivity contribution is -0.154. The molecule has 0 saturated carbocycles. The molecular formula is C44H89O9P. The van der Waals surface area contributed by atoms with Crippen LogP contribution in [0, 0.1) is 0 Å². The minimum absolute atomic E-state index is 0.0579. The predicted octanol–water partition coefficient (Wildman–Crippen LogP) is 12.7. The molecule has 0 saturated heterocycles. The second kappa shape index (κ2) is 42.1. The maximum absolute atomic E-state index is 12.6. The Hall–Kier alpha value is -0.540. The summed E-state index contributed by atoms with van der Waals surface area (Å²) < 4.78 is 33.4. The van der Waals surface area contributed by atoms with Gasteiger partial charge in [-0.25, -0.2) is 4.57 Å². The van der Waals surface area contributed by atoms with E-state index < -0.39 is 33.2 Å². The quantitative estimate of drug-likeness (QED) is 0.0313. The van der Waals surface area contributed by atoms with Crippen LogP contribution in [-0.2, 0) is 27.9 Å². The molecule has 10 heteroatoms. The zero-order valence-corrected chi connectivity index (χ0v) is 36.4. The highest BCUT2D eigenvalue weighted by molar-refractivity contribution is 7.47. The first-order valence-electron chi connectivity index (χ1n) is 23.0. The Morgan fingerprint density at radius 2 is 0.833 bits per heavy atom. The van der Waals surface area contributed by atoms with Crippen LogP contribution < -0.4 is 0 Å². The zero-order valence-electron chi connectivity index (χ0n) is 35.5. The van der Waals surface area contributed by atoms with Crippen LogP contribution in [0.3, 0.4) is 0 Å². The van der Waals surface area contributed by atoms with Gasteiger partial charge in [-0.2, -0.15) is 0 Å². The van der Waals surface area contributed by atoms with E-state index in [0.29, 0.717) is 6.61 Å². The molecule has 0 heterocycles. The molecule has 0 bridgehead atoms. The van der Waals surface area contributed by atoms with Gasteiger partial charge in [-0.3, -0.25) is 13.8 Å². The van der Waals surface area contributed by atoms with Gasteiger partial charge in [0.05, 0.1) is 26.4 Å². The fourth-order valence-corrected chi connectivity index (χ4v) is 7.56. The summed E-state index contributed by atoms with van der Waals surface area (Å²) in [5.74, 6) is -0.375. The number of unbranched alkanes of at least 4 members (excludes halogenated alkanes) is 31. The second-order valence-corrected chi connectivity index (χ2v) is 17.2. The van der Waals surface area contributed by atoms with Crippen molar-refractivity contribution in [2.24, 2.45) is 0 Å². The lowest BCUT2D eigenvalue weighted by Crippen LogP contribution is -2.29. The van der Waals surface area contributed by atoms with Gasteiger partial charge in [-0.1, -0.05) is 213 Å². The Morgan fingerprint density at radius 3 is 1.20 bits per heavy atom. The molecular weight excluding hydrogens is 703 g/mol. The summed E-state index contributed by atoms with van der Waals surface area (Å²) in [5, 5.41) is 18.3. The van der Waals surface area contributed by atoms with E-state index in [0.717, 1.165) is 32.1 Å². The molecule has 0 aromatic heterocycles. The summed E-state index contributed by atoms with van der Waals surface area (Å²) in [6.07, 6.45) is 40.6. The number of aliphatic hydroxyl groups excluding tert-OH is 2. The number of carbonyl (C=O) groups is 1. The van der Waals surface area contributed by atoms with Gasteiger partial charge in [0.15, 0.2) is 0 Å². The monoisotopic (exact) mass is 793 g/mol. The number of phosphoric acid groups is 1. The van der Waals surface area contributed by atoms with Crippen LogP contribution >= 0.6 is 7.82 Å². The van der Waals surface area contributed by atoms with E-state index in [9.17, 15) is 19.4 Å². The second-order valence-electron chi connectivity index (χ2n) is 15.8. The number of carbonyl (C=O) groups excluding carboxylic acids is 1. The minimum Gasteiger partial charge on any atom is -0.457 e.